The van der Waals surface area contributed by atoms with E-state index in [1.54, 1.807) is 12.3 Å². The fourth-order valence-corrected chi connectivity index (χ4v) is 2.28. The maximum atomic E-state index is 14.1. The molecule has 1 heterocycles. The van der Waals surface area contributed by atoms with Crippen LogP contribution in [0.15, 0.2) is 30.6 Å². The van der Waals surface area contributed by atoms with Crippen molar-refractivity contribution in [1.29, 1.82) is 0 Å². The largest absolute Gasteiger partial charge is 0.334 e. The average molecular weight is 261 g/mol. The van der Waals surface area contributed by atoms with E-state index >= 15 is 0 Å². The smallest absolute Gasteiger partial charge is 0.130 e. The number of halogens is 1. The molecule has 0 fully saturated rings. The van der Waals surface area contributed by atoms with Gasteiger partial charge in [0.2, 0.25) is 0 Å². The van der Waals surface area contributed by atoms with Crippen LogP contribution in [0.3, 0.4) is 0 Å². The predicted molar refractivity (Wildman–Crippen MR) is 74.6 cm³/mol. The number of nitrogens with zero attached hydrogens (tertiary/aromatic N) is 2. The molecular formula is C15H20FN3. The Hall–Kier alpha value is -1.68. The Bertz CT molecular complexity index is 548. The first-order chi connectivity index (χ1) is 9.17. The molecule has 0 radical (unpaired) electrons. The first-order valence-corrected chi connectivity index (χ1v) is 6.67. The second-order valence-corrected chi connectivity index (χ2v) is 4.59. The quantitative estimate of drug-likeness (QED) is 0.896. The van der Waals surface area contributed by atoms with Crippen molar-refractivity contribution in [2.75, 3.05) is 6.54 Å². The van der Waals surface area contributed by atoms with Gasteiger partial charge >= 0.3 is 0 Å². The van der Waals surface area contributed by atoms with Gasteiger partial charge in [0.1, 0.15) is 11.6 Å². The molecule has 0 amide bonds. The van der Waals surface area contributed by atoms with Gasteiger partial charge in [0, 0.05) is 24.5 Å². The highest BCUT2D eigenvalue weighted by atomic mass is 19.1. The summed E-state index contributed by atoms with van der Waals surface area (Å²) in [4.78, 5) is 4.39. The predicted octanol–water partition coefficient (Wildman–Crippen LogP) is 3.05. The van der Waals surface area contributed by atoms with Crippen LogP contribution in [-0.2, 0) is 6.54 Å². The van der Waals surface area contributed by atoms with Gasteiger partial charge in [0.15, 0.2) is 0 Å². The van der Waals surface area contributed by atoms with Crippen LogP contribution in [0.25, 0.3) is 0 Å². The van der Waals surface area contributed by atoms with Crippen LogP contribution in [-0.4, -0.2) is 16.1 Å². The fraction of sp³-hybridized carbons (Fsp3) is 0.400. The summed E-state index contributed by atoms with van der Waals surface area (Å²) in [5, 5.41) is 3.32. The zero-order chi connectivity index (χ0) is 13.8. The average Bonchev–Trinajstić information content (AvgIpc) is 2.87. The van der Waals surface area contributed by atoms with Crippen molar-refractivity contribution < 1.29 is 4.39 Å². The second kappa shape index (κ2) is 5.97. The molecule has 0 saturated carbocycles. The lowest BCUT2D eigenvalue weighted by atomic mass is 10.0. The molecule has 1 aromatic heterocycles. The summed E-state index contributed by atoms with van der Waals surface area (Å²) in [6.45, 7) is 7.62. The monoisotopic (exact) mass is 261 g/mol. The highest BCUT2D eigenvalue weighted by molar-refractivity contribution is 5.31. The van der Waals surface area contributed by atoms with E-state index in [9.17, 15) is 4.39 Å². The molecule has 0 aliphatic rings. The summed E-state index contributed by atoms with van der Waals surface area (Å²) in [6, 6.07) is 4.99. The maximum absolute atomic E-state index is 14.1. The minimum Gasteiger partial charge on any atom is -0.334 e. The molecule has 4 heteroatoms. The third kappa shape index (κ3) is 2.84. The standard InChI is InChI=1S/C15H20FN3/c1-4-17-14(15-18-8-9-19(15)5-2)12-10-11(3)6-7-13(12)16/h6-10,14,17H,4-5H2,1-3H3. The van der Waals surface area contributed by atoms with Crippen molar-refractivity contribution in [2.45, 2.75) is 33.4 Å². The van der Waals surface area contributed by atoms with Crippen molar-refractivity contribution in [1.82, 2.24) is 14.9 Å². The summed E-state index contributed by atoms with van der Waals surface area (Å²) in [5.74, 6) is 0.663. The molecule has 0 aliphatic heterocycles. The lowest BCUT2D eigenvalue weighted by Gasteiger charge is -2.20. The van der Waals surface area contributed by atoms with Gasteiger partial charge in [-0.2, -0.15) is 0 Å². The lowest BCUT2D eigenvalue weighted by molar-refractivity contribution is 0.522. The van der Waals surface area contributed by atoms with Gasteiger partial charge < -0.3 is 9.88 Å². The summed E-state index contributed by atoms with van der Waals surface area (Å²) >= 11 is 0. The summed E-state index contributed by atoms with van der Waals surface area (Å²) in [7, 11) is 0. The number of rotatable bonds is 5. The number of imidazole rings is 1. The number of aryl methyl sites for hydroxylation is 2. The molecule has 0 aliphatic carbocycles. The molecule has 1 aromatic carbocycles. The Labute approximate surface area is 113 Å². The molecular weight excluding hydrogens is 241 g/mol. The zero-order valence-electron chi connectivity index (χ0n) is 11.7. The van der Waals surface area contributed by atoms with E-state index in [4.69, 9.17) is 0 Å². The maximum Gasteiger partial charge on any atom is 0.130 e. The summed E-state index contributed by atoms with van der Waals surface area (Å²) < 4.78 is 16.1. The van der Waals surface area contributed by atoms with Crippen molar-refractivity contribution in [3.8, 4) is 0 Å². The van der Waals surface area contributed by atoms with E-state index in [0.29, 0.717) is 5.56 Å². The van der Waals surface area contributed by atoms with Gasteiger partial charge in [-0.15, -0.1) is 0 Å². The van der Waals surface area contributed by atoms with Crippen LogP contribution in [0.4, 0.5) is 4.39 Å². The van der Waals surface area contributed by atoms with E-state index in [1.807, 2.05) is 30.7 Å². The van der Waals surface area contributed by atoms with Gasteiger partial charge in [0.25, 0.3) is 0 Å². The fourth-order valence-electron chi connectivity index (χ4n) is 2.28. The Morgan fingerprint density at radius 3 is 2.84 bits per heavy atom. The van der Waals surface area contributed by atoms with Gasteiger partial charge in [0.05, 0.1) is 6.04 Å². The molecule has 19 heavy (non-hydrogen) atoms. The minimum atomic E-state index is -0.208. The molecule has 1 N–H and O–H groups in total. The number of aromatic nitrogens is 2. The van der Waals surface area contributed by atoms with E-state index in [1.165, 1.54) is 6.07 Å². The van der Waals surface area contributed by atoms with Gasteiger partial charge in [-0.3, -0.25) is 0 Å². The highest BCUT2D eigenvalue weighted by Crippen LogP contribution is 2.24. The second-order valence-electron chi connectivity index (χ2n) is 4.59. The van der Waals surface area contributed by atoms with Crippen LogP contribution < -0.4 is 5.32 Å². The SMILES string of the molecule is CCNC(c1cc(C)ccc1F)c1nccn1CC. The first kappa shape index (κ1) is 13.7. The Balaban J connectivity index is 2.48. The molecule has 0 spiro atoms. The normalized spacial score (nSPS) is 12.6. The van der Waals surface area contributed by atoms with Crippen molar-refractivity contribution >= 4 is 0 Å². The van der Waals surface area contributed by atoms with Gasteiger partial charge in [-0.05, 0) is 26.5 Å². The zero-order valence-corrected chi connectivity index (χ0v) is 11.7. The molecule has 1 unspecified atom stereocenters. The van der Waals surface area contributed by atoms with Crippen LogP contribution in [0, 0.1) is 12.7 Å². The van der Waals surface area contributed by atoms with Crippen molar-refractivity contribution in [3.63, 3.8) is 0 Å². The van der Waals surface area contributed by atoms with Crippen LogP contribution in [0.2, 0.25) is 0 Å². The first-order valence-electron chi connectivity index (χ1n) is 6.67. The molecule has 2 aromatic rings. The topological polar surface area (TPSA) is 29.9 Å². The highest BCUT2D eigenvalue weighted by Gasteiger charge is 2.21. The molecule has 0 saturated heterocycles. The molecule has 1 atom stereocenters. The van der Waals surface area contributed by atoms with E-state index < -0.39 is 0 Å². The minimum absolute atomic E-state index is 0.192. The van der Waals surface area contributed by atoms with Gasteiger partial charge in [-0.1, -0.05) is 24.6 Å². The third-order valence-electron chi connectivity index (χ3n) is 3.22. The van der Waals surface area contributed by atoms with Crippen LogP contribution in [0.5, 0.6) is 0 Å². The summed E-state index contributed by atoms with van der Waals surface area (Å²) in [6.07, 6.45) is 3.68. The number of hydrogen-bond donors (Lipinski definition) is 1. The van der Waals surface area contributed by atoms with Gasteiger partial charge in [-0.25, -0.2) is 9.37 Å². The Kier molecular flexibility index (Phi) is 4.32. The molecule has 2 rings (SSSR count). The Morgan fingerprint density at radius 1 is 1.37 bits per heavy atom. The van der Waals surface area contributed by atoms with Crippen molar-refractivity contribution in [3.05, 3.63) is 53.4 Å². The third-order valence-corrected chi connectivity index (χ3v) is 3.22. The van der Waals surface area contributed by atoms with Crippen molar-refractivity contribution in [2.24, 2.45) is 0 Å². The molecule has 102 valence electrons. The lowest BCUT2D eigenvalue weighted by Crippen LogP contribution is -2.26. The number of benzene rings is 1. The van der Waals surface area contributed by atoms with E-state index in [2.05, 4.69) is 17.2 Å². The van der Waals surface area contributed by atoms with Crippen LogP contribution in [0.1, 0.15) is 36.8 Å². The van der Waals surface area contributed by atoms with Crippen LogP contribution >= 0.6 is 0 Å². The molecule has 3 nitrogen and oxygen atoms in total. The Morgan fingerprint density at radius 2 is 2.16 bits per heavy atom. The summed E-state index contributed by atoms with van der Waals surface area (Å²) in [5.41, 5.74) is 1.71. The molecule has 0 bridgehead atoms. The number of hydrogen-bond acceptors (Lipinski definition) is 2. The van der Waals surface area contributed by atoms with E-state index in [0.717, 1.165) is 24.5 Å². The number of nitrogens with one attached hydrogen (secondary N) is 1. The van der Waals surface area contributed by atoms with E-state index in [-0.39, 0.29) is 11.9 Å².